The standard InChI is InChI=1S/C15H21N3O3/c1-18(9-12-3-5-13(11-19)6-4-12)10-15-16-14(17-21-15)7-8-20-2/h3-6,19H,7-11H2,1-2H3. The van der Waals surface area contributed by atoms with E-state index in [0.29, 0.717) is 31.3 Å². The van der Waals surface area contributed by atoms with E-state index in [9.17, 15) is 0 Å². The predicted molar refractivity (Wildman–Crippen MR) is 77.4 cm³/mol. The minimum atomic E-state index is 0.0718. The fourth-order valence-electron chi connectivity index (χ4n) is 2.00. The summed E-state index contributed by atoms with van der Waals surface area (Å²) in [5.41, 5.74) is 2.09. The zero-order valence-electron chi connectivity index (χ0n) is 12.5. The zero-order chi connectivity index (χ0) is 15.1. The number of benzene rings is 1. The smallest absolute Gasteiger partial charge is 0.240 e. The van der Waals surface area contributed by atoms with Gasteiger partial charge in [-0.15, -0.1) is 0 Å². The Morgan fingerprint density at radius 3 is 2.57 bits per heavy atom. The maximum absolute atomic E-state index is 9.02. The van der Waals surface area contributed by atoms with Gasteiger partial charge in [0, 0.05) is 20.1 Å². The highest BCUT2D eigenvalue weighted by Gasteiger charge is 2.09. The van der Waals surface area contributed by atoms with Gasteiger partial charge in [0.05, 0.1) is 19.8 Å². The molecule has 2 rings (SSSR count). The first kappa shape index (κ1) is 15.6. The highest BCUT2D eigenvalue weighted by molar-refractivity contribution is 5.21. The fraction of sp³-hybridized carbons (Fsp3) is 0.467. The van der Waals surface area contributed by atoms with E-state index < -0.39 is 0 Å². The third-order valence-corrected chi connectivity index (χ3v) is 3.10. The van der Waals surface area contributed by atoms with Crippen molar-refractivity contribution in [3.8, 4) is 0 Å². The van der Waals surface area contributed by atoms with Gasteiger partial charge in [-0.1, -0.05) is 29.4 Å². The first-order valence-electron chi connectivity index (χ1n) is 6.89. The molecular formula is C15H21N3O3. The molecule has 0 saturated carbocycles. The number of hydrogen-bond acceptors (Lipinski definition) is 6. The topological polar surface area (TPSA) is 71.6 Å². The maximum atomic E-state index is 9.02. The molecule has 0 saturated heterocycles. The number of rotatable bonds is 8. The van der Waals surface area contributed by atoms with E-state index in [1.54, 1.807) is 7.11 Å². The summed E-state index contributed by atoms with van der Waals surface area (Å²) in [5, 5.41) is 12.9. The highest BCUT2D eigenvalue weighted by Crippen LogP contribution is 2.09. The predicted octanol–water partition coefficient (Wildman–Crippen LogP) is 1.38. The van der Waals surface area contributed by atoms with Crippen molar-refractivity contribution < 1.29 is 14.4 Å². The average molecular weight is 291 g/mol. The van der Waals surface area contributed by atoms with Crippen LogP contribution in [0.5, 0.6) is 0 Å². The van der Waals surface area contributed by atoms with E-state index in [-0.39, 0.29) is 6.61 Å². The van der Waals surface area contributed by atoms with Crippen molar-refractivity contribution in [2.24, 2.45) is 0 Å². The van der Waals surface area contributed by atoms with Gasteiger partial charge in [-0.3, -0.25) is 4.90 Å². The van der Waals surface area contributed by atoms with Crippen LogP contribution in [0, 0.1) is 0 Å². The van der Waals surface area contributed by atoms with Gasteiger partial charge in [0.15, 0.2) is 5.82 Å². The van der Waals surface area contributed by atoms with Crippen molar-refractivity contribution >= 4 is 0 Å². The Morgan fingerprint density at radius 1 is 1.19 bits per heavy atom. The number of aromatic nitrogens is 2. The third-order valence-electron chi connectivity index (χ3n) is 3.10. The number of ether oxygens (including phenoxy) is 1. The second kappa shape index (κ2) is 7.87. The molecule has 0 aliphatic carbocycles. The molecule has 0 unspecified atom stereocenters. The molecule has 0 amide bonds. The molecule has 0 atom stereocenters. The van der Waals surface area contributed by atoms with Crippen molar-refractivity contribution in [1.29, 1.82) is 0 Å². The molecule has 114 valence electrons. The van der Waals surface area contributed by atoms with Gasteiger partial charge in [0.1, 0.15) is 0 Å². The van der Waals surface area contributed by atoms with Gasteiger partial charge in [-0.25, -0.2) is 0 Å². The molecule has 1 heterocycles. The summed E-state index contributed by atoms with van der Waals surface area (Å²) in [5.74, 6) is 1.28. The van der Waals surface area contributed by atoms with Crippen molar-refractivity contribution in [3.63, 3.8) is 0 Å². The lowest BCUT2D eigenvalue weighted by molar-refractivity contribution is 0.199. The second-order valence-corrected chi connectivity index (χ2v) is 4.99. The normalized spacial score (nSPS) is 11.2. The summed E-state index contributed by atoms with van der Waals surface area (Å²) in [4.78, 5) is 6.42. The Morgan fingerprint density at radius 2 is 1.90 bits per heavy atom. The van der Waals surface area contributed by atoms with E-state index in [2.05, 4.69) is 15.0 Å². The molecule has 0 fully saturated rings. The van der Waals surface area contributed by atoms with Crippen LogP contribution < -0.4 is 0 Å². The van der Waals surface area contributed by atoms with Crippen LogP contribution in [-0.2, 0) is 30.9 Å². The van der Waals surface area contributed by atoms with Gasteiger partial charge in [-0.05, 0) is 18.2 Å². The number of aliphatic hydroxyl groups excluding tert-OH is 1. The lowest BCUT2D eigenvalue weighted by atomic mass is 10.1. The van der Waals surface area contributed by atoms with Crippen LogP contribution in [-0.4, -0.2) is 40.9 Å². The molecule has 6 heteroatoms. The molecule has 1 aromatic heterocycles. The first-order chi connectivity index (χ1) is 10.2. The van der Waals surface area contributed by atoms with E-state index in [4.69, 9.17) is 14.4 Å². The summed E-state index contributed by atoms with van der Waals surface area (Å²) in [6.45, 7) is 2.04. The molecule has 2 aromatic rings. The third kappa shape index (κ3) is 4.93. The molecule has 0 radical (unpaired) electrons. The van der Waals surface area contributed by atoms with E-state index in [1.807, 2.05) is 31.3 Å². The van der Waals surface area contributed by atoms with Gasteiger partial charge >= 0.3 is 0 Å². The fourth-order valence-corrected chi connectivity index (χ4v) is 2.00. The molecule has 0 spiro atoms. The molecule has 1 N–H and O–H groups in total. The Balaban J connectivity index is 1.85. The van der Waals surface area contributed by atoms with Crippen LogP contribution in [0.3, 0.4) is 0 Å². The molecular weight excluding hydrogens is 270 g/mol. The molecule has 0 bridgehead atoms. The van der Waals surface area contributed by atoms with E-state index in [1.165, 1.54) is 5.56 Å². The molecule has 0 aliphatic heterocycles. The van der Waals surface area contributed by atoms with Crippen molar-refractivity contribution in [3.05, 3.63) is 47.1 Å². The highest BCUT2D eigenvalue weighted by atomic mass is 16.5. The largest absolute Gasteiger partial charge is 0.392 e. The molecule has 21 heavy (non-hydrogen) atoms. The molecule has 0 aliphatic rings. The second-order valence-electron chi connectivity index (χ2n) is 4.99. The summed E-state index contributed by atoms with van der Waals surface area (Å²) in [6.07, 6.45) is 0.659. The summed E-state index contributed by atoms with van der Waals surface area (Å²) in [6, 6.07) is 7.89. The zero-order valence-corrected chi connectivity index (χ0v) is 12.5. The summed E-state index contributed by atoms with van der Waals surface area (Å²) >= 11 is 0. The van der Waals surface area contributed by atoms with Crippen LogP contribution in [0.4, 0.5) is 0 Å². The van der Waals surface area contributed by atoms with Crippen LogP contribution in [0.1, 0.15) is 22.8 Å². The first-order valence-corrected chi connectivity index (χ1v) is 6.89. The van der Waals surface area contributed by atoms with Crippen molar-refractivity contribution in [2.45, 2.75) is 26.1 Å². The summed E-state index contributed by atoms with van der Waals surface area (Å²) < 4.78 is 10.2. The van der Waals surface area contributed by atoms with Gasteiger partial charge in [0.25, 0.3) is 0 Å². The van der Waals surface area contributed by atoms with Crippen LogP contribution in [0.2, 0.25) is 0 Å². The number of hydrogen-bond donors (Lipinski definition) is 1. The van der Waals surface area contributed by atoms with Gasteiger partial charge in [0.2, 0.25) is 5.89 Å². The number of methoxy groups -OCH3 is 1. The minimum Gasteiger partial charge on any atom is -0.392 e. The van der Waals surface area contributed by atoms with E-state index in [0.717, 1.165) is 12.1 Å². The van der Waals surface area contributed by atoms with Crippen LogP contribution in [0.15, 0.2) is 28.8 Å². The molecule has 1 aromatic carbocycles. The maximum Gasteiger partial charge on any atom is 0.240 e. The van der Waals surface area contributed by atoms with Crippen molar-refractivity contribution in [1.82, 2.24) is 15.0 Å². The Bertz CT molecular complexity index is 539. The Labute approximate surface area is 124 Å². The SMILES string of the molecule is COCCc1noc(CN(C)Cc2ccc(CO)cc2)n1. The van der Waals surface area contributed by atoms with E-state index >= 15 is 0 Å². The lowest BCUT2D eigenvalue weighted by Crippen LogP contribution is -2.17. The number of aliphatic hydroxyl groups is 1. The van der Waals surface area contributed by atoms with Gasteiger partial charge < -0.3 is 14.4 Å². The molecule has 6 nitrogen and oxygen atoms in total. The van der Waals surface area contributed by atoms with Crippen LogP contribution >= 0.6 is 0 Å². The van der Waals surface area contributed by atoms with Crippen LogP contribution in [0.25, 0.3) is 0 Å². The number of nitrogens with zero attached hydrogens (tertiary/aromatic N) is 3. The Hall–Kier alpha value is -1.76. The monoisotopic (exact) mass is 291 g/mol. The minimum absolute atomic E-state index is 0.0718. The van der Waals surface area contributed by atoms with Crippen molar-refractivity contribution in [2.75, 3.05) is 20.8 Å². The summed E-state index contributed by atoms with van der Waals surface area (Å²) in [7, 11) is 3.65. The quantitative estimate of drug-likeness (QED) is 0.792. The average Bonchev–Trinajstić information content (AvgIpc) is 2.93. The van der Waals surface area contributed by atoms with Gasteiger partial charge in [-0.2, -0.15) is 4.98 Å². The lowest BCUT2D eigenvalue weighted by Gasteiger charge is -2.14. The Kier molecular flexibility index (Phi) is 5.86.